The molecule has 32 heavy (non-hydrogen) atoms. The van der Waals surface area contributed by atoms with Crippen LogP contribution in [0.25, 0.3) is 0 Å². The molecule has 5 nitrogen and oxygen atoms in total. The molecular formula is C26H35N2O3S+. The first-order valence-electron chi connectivity index (χ1n) is 11.7. The Labute approximate surface area is 192 Å². The number of hydrogen-bond donors (Lipinski definition) is 0. The van der Waals surface area contributed by atoms with Gasteiger partial charge in [0, 0.05) is 42.6 Å². The first kappa shape index (κ1) is 24.3. The lowest BCUT2D eigenvalue weighted by Crippen LogP contribution is -2.24. The van der Waals surface area contributed by atoms with E-state index in [-0.39, 0.29) is 5.75 Å². The Morgan fingerprint density at radius 3 is 1.78 bits per heavy atom. The first-order valence-corrected chi connectivity index (χ1v) is 13.3. The van der Waals surface area contributed by atoms with Crippen LogP contribution in [0.2, 0.25) is 0 Å². The predicted molar refractivity (Wildman–Crippen MR) is 129 cm³/mol. The second-order valence-corrected chi connectivity index (χ2v) is 10.1. The van der Waals surface area contributed by atoms with Gasteiger partial charge in [-0.3, -0.25) is 0 Å². The van der Waals surface area contributed by atoms with Crippen molar-refractivity contribution < 1.29 is 22.1 Å². The van der Waals surface area contributed by atoms with Crippen molar-refractivity contribution >= 4 is 22.5 Å². The van der Waals surface area contributed by atoms with Gasteiger partial charge >= 0.3 is 0 Å². The Morgan fingerprint density at radius 1 is 0.781 bits per heavy atom. The number of nitrogens with zero attached hydrogens (tertiary/aromatic N) is 2. The topological polar surface area (TPSA) is 63.2 Å². The van der Waals surface area contributed by atoms with Gasteiger partial charge in [0.25, 0.3) is 0 Å². The zero-order chi connectivity index (χ0) is 22.8. The van der Waals surface area contributed by atoms with Crippen molar-refractivity contribution in [2.75, 3.05) is 31.9 Å². The summed E-state index contributed by atoms with van der Waals surface area (Å²) >= 11 is 0. The van der Waals surface area contributed by atoms with E-state index in [1.165, 1.54) is 61.0 Å². The van der Waals surface area contributed by atoms with Gasteiger partial charge in [0.1, 0.15) is 26.2 Å². The summed E-state index contributed by atoms with van der Waals surface area (Å²) in [6.45, 7) is 6.18. The minimum absolute atomic E-state index is 0.279. The molecule has 2 aliphatic heterocycles. The fourth-order valence-corrected chi connectivity index (χ4v) is 4.67. The van der Waals surface area contributed by atoms with Crippen LogP contribution in [-0.2, 0) is 23.0 Å². The molecule has 0 fully saturated rings. The molecule has 2 aliphatic rings. The summed E-state index contributed by atoms with van der Waals surface area (Å²) in [4.78, 5) is 0. The number of benzene rings is 2. The summed E-state index contributed by atoms with van der Waals surface area (Å²) in [5.41, 5.74) is 5.42. The highest BCUT2D eigenvalue weighted by Gasteiger charge is 2.15. The molecule has 0 N–H and O–H groups in total. The van der Waals surface area contributed by atoms with Gasteiger partial charge in [0.05, 0.1) is 10.1 Å². The van der Waals surface area contributed by atoms with Crippen molar-refractivity contribution in [2.24, 2.45) is 0 Å². The fraction of sp³-hybridized carbons (Fsp3) is 0.462. The smallest absolute Gasteiger partial charge is 0.170 e. The second kappa shape index (κ2) is 12.1. The highest BCUT2D eigenvalue weighted by molar-refractivity contribution is 7.85. The summed E-state index contributed by atoms with van der Waals surface area (Å²) in [5, 5.41) is 0. The van der Waals surface area contributed by atoms with Gasteiger partial charge < -0.3 is 4.55 Å². The van der Waals surface area contributed by atoms with Gasteiger partial charge in [-0.05, 0) is 29.7 Å². The molecule has 0 aliphatic carbocycles. The Morgan fingerprint density at radius 2 is 1.28 bits per heavy atom. The third-order valence-electron chi connectivity index (χ3n) is 5.98. The molecule has 0 radical (unpaired) electrons. The van der Waals surface area contributed by atoms with E-state index < -0.39 is 10.1 Å². The summed E-state index contributed by atoms with van der Waals surface area (Å²) < 4.78 is 36.0. The minimum Gasteiger partial charge on any atom is -0.748 e. The molecule has 0 aromatic heterocycles. The summed E-state index contributed by atoms with van der Waals surface area (Å²) in [5.74, 6) is -0.279. The van der Waals surface area contributed by atoms with Gasteiger partial charge in [-0.25, -0.2) is 17.6 Å². The SMILES string of the molecule is CCCCC[N+]1=Cc2ccccc2CC1.O=S(=O)([O-])CCC[N+]1=Cc2ccccc2CC1. The van der Waals surface area contributed by atoms with Crippen molar-refractivity contribution in [2.45, 2.75) is 45.4 Å². The molecular weight excluding hydrogens is 420 g/mol. The van der Waals surface area contributed by atoms with Gasteiger partial charge in [0.15, 0.2) is 12.4 Å². The van der Waals surface area contributed by atoms with E-state index in [4.69, 9.17) is 0 Å². The molecule has 4 rings (SSSR count). The van der Waals surface area contributed by atoms with Crippen LogP contribution in [0.3, 0.4) is 0 Å². The molecule has 0 unspecified atom stereocenters. The molecule has 6 heteroatoms. The van der Waals surface area contributed by atoms with E-state index >= 15 is 0 Å². The zero-order valence-corrected chi connectivity index (χ0v) is 19.9. The number of hydrogen-bond acceptors (Lipinski definition) is 3. The Hall–Kier alpha value is -2.31. The van der Waals surface area contributed by atoms with E-state index in [9.17, 15) is 13.0 Å². The monoisotopic (exact) mass is 455 g/mol. The van der Waals surface area contributed by atoms with Crippen LogP contribution < -0.4 is 0 Å². The summed E-state index contributed by atoms with van der Waals surface area (Å²) in [7, 11) is -4.08. The van der Waals surface area contributed by atoms with Crippen LogP contribution in [0.15, 0.2) is 48.5 Å². The molecule has 0 atom stereocenters. The molecule has 2 aromatic carbocycles. The van der Waals surface area contributed by atoms with Gasteiger partial charge in [-0.2, -0.15) is 0 Å². The second-order valence-electron chi connectivity index (χ2n) is 8.55. The van der Waals surface area contributed by atoms with E-state index in [1.807, 2.05) is 24.4 Å². The van der Waals surface area contributed by atoms with Crippen LogP contribution in [0.1, 0.15) is 54.9 Å². The first-order chi connectivity index (χ1) is 15.4. The van der Waals surface area contributed by atoms with E-state index in [2.05, 4.69) is 52.6 Å². The number of rotatable bonds is 8. The molecule has 2 heterocycles. The quantitative estimate of drug-likeness (QED) is 0.348. The average Bonchev–Trinajstić information content (AvgIpc) is 2.79. The Bertz CT molecular complexity index is 1060. The summed E-state index contributed by atoms with van der Waals surface area (Å²) in [6.07, 6.45) is 10.9. The van der Waals surface area contributed by atoms with Crippen molar-refractivity contribution in [1.29, 1.82) is 0 Å². The molecule has 0 spiro atoms. The maximum absolute atomic E-state index is 10.5. The molecule has 172 valence electrons. The van der Waals surface area contributed by atoms with Crippen LogP contribution in [0.4, 0.5) is 0 Å². The highest BCUT2D eigenvalue weighted by Crippen LogP contribution is 2.12. The lowest BCUT2D eigenvalue weighted by atomic mass is 10.0. The zero-order valence-electron chi connectivity index (χ0n) is 19.1. The van der Waals surface area contributed by atoms with Crippen molar-refractivity contribution in [1.82, 2.24) is 0 Å². The Kier molecular flexibility index (Phi) is 9.18. The molecule has 2 aromatic rings. The van der Waals surface area contributed by atoms with Gasteiger partial charge in [0.2, 0.25) is 0 Å². The molecule has 0 saturated heterocycles. The number of fused-ring (bicyclic) bond motifs is 2. The van der Waals surface area contributed by atoms with Crippen LogP contribution in [-0.4, -0.2) is 66.5 Å². The third-order valence-corrected chi connectivity index (χ3v) is 6.77. The van der Waals surface area contributed by atoms with Gasteiger partial charge in [-0.15, -0.1) is 0 Å². The fourth-order valence-electron chi connectivity index (χ4n) is 4.19. The average molecular weight is 456 g/mol. The molecule has 0 bridgehead atoms. The lowest BCUT2D eigenvalue weighted by molar-refractivity contribution is -0.524. The van der Waals surface area contributed by atoms with E-state index in [0.717, 1.165) is 13.0 Å². The maximum atomic E-state index is 10.5. The predicted octanol–water partition coefficient (Wildman–Crippen LogP) is 3.47. The minimum atomic E-state index is -4.08. The van der Waals surface area contributed by atoms with Gasteiger partial charge in [-0.1, -0.05) is 49.7 Å². The van der Waals surface area contributed by atoms with Crippen molar-refractivity contribution in [3.8, 4) is 0 Å². The van der Waals surface area contributed by atoms with Crippen molar-refractivity contribution in [3.63, 3.8) is 0 Å². The highest BCUT2D eigenvalue weighted by atomic mass is 32.2. The normalized spacial score (nSPS) is 14.9. The lowest BCUT2D eigenvalue weighted by Gasteiger charge is -2.12. The van der Waals surface area contributed by atoms with E-state index in [1.54, 1.807) is 0 Å². The van der Waals surface area contributed by atoms with Crippen molar-refractivity contribution in [3.05, 3.63) is 70.8 Å². The standard InChI is InChI=1S/C14H20N.C12H15NO3S/c1-2-3-6-10-15-11-9-13-7-4-5-8-14(13)12-15;14-17(15,16)9-3-7-13-8-6-11-4-1-2-5-12(11)10-13/h4-5,7-8,12H,2-3,6,9-11H2,1H3;1-2,4-5,10H,3,6-9H2/q+1;. The number of unbranched alkanes of at least 4 members (excludes halogenated alkanes) is 2. The summed E-state index contributed by atoms with van der Waals surface area (Å²) in [6, 6.07) is 16.9. The third kappa shape index (κ3) is 7.99. The molecule has 0 amide bonds. The van der Waals surface area contributed by atoms with Crippen LogP contribution in [0, 0.1) is 0 Å². The van der Waals surface area contributed by atoms with E-state index in [0.29, 0.717) is 13.0 Å². The largest absolute Gasteiger partial charge is 0.748 e. The Balaban J connectivity index is 0.000000182. The van der Waals surface area contributed by atoms with Crippen LogP contribution >= 0.6 is 0 Å². The van der Waals surface area contributed by atoms with Crippen LogP contribution in [0.5, 0.6) is 0 Å². The maximum Gasteiger partial charge on any atom is 0.170 e. The molecule has 0 saturated carbocycles.